The van der Waals surface area contributed by atoms with Crippen molar-refractivity contribution in [2.75, 3.05) is 0 Å². The number of benzene rings is 7. The quantitative estimate of drug-likeness (QED) is 0.195. The summed E-state index contributed by atoms with van der Waals surface area (Å²) < 4.78 is 4.85. The van der Waals surface area contributed by atoms with Gasteiger partial charge in [0, 0.05) is 32.9 Å². The Morgan fingerprint density at radius 3 is 1.80 bits per heavy atom. The third-order valence-electron chi connectivity index (χ3n) is 9.97. The van der Waals surface area contributed by atoms with E-state index in [-0.39, 0.29) is 0 Å². The van der Waals surface area contributed by atoms with Crippen LogP contribution in [0, 0.1) is 6.92 Å². The standard InChI is InChI=1S/C44H30N2/c1-28-17-21-43-39(23-28)37-13-4-6-15-41(37)45(43)33-11-8-10-29(25-33)30-18-22-44-40(27-30)38-14-5-7-16-42(38)46(44)34-19-20-36-32(26-34)24-31-9-2-3-12-35(31)36/h2-23,25-27H,24H2,1H3. The van der Waals surface area contributed by atoms with E-state index in [1.807, 2.05) is 0 Å². The Kier molecular flexibility index (Phi) is 5.30. The van der Waals surface area contributed by atoms with Crippen LogP contribution in [0.3, 0.4) is 0 Å². The molecule has 1 aliphatic carbocycles. The summed E-state index contributed by atoms with van der Waals surface area (Å²) in [7, 11) is 0. The van der Waals surface area contributed by atoms with Gasteiger partial charge in [-0.25, -0.2) is 0 Å². The summed E-state index contributed by atoms with van der Waals surface area (Å²) in [4.78, 5) is 0. The number of hydrogen-bond acceptors (Lipinski definition) is 0. The summed E-state index contributed by atoms with van der Waals surface area (Å²) in [6.45, 7) is 2.17. The Balaban J connectivity index is 1.13. The second kappa shape index (κ2) is 9.57. The van der Waals surface area contributed by atoms with Crippen molar-refractivity contribution in [3.05, 3.63) is 168 Å². The maximum absolute atomic E-state index is 2.44. The Hall–Kier alpha value is -5.86. The molecule has 0 bridgehead atoms. The number of fused-ring (bicyclic) bond motifs is 9. The molecule has 216 valence electrons. The molecule has 0 fully saturated rings. The number of aromatic nitrogens is 2. The summed E-state index contributed by atoms with van der Waals surface area (Å²) in [5.41, 5.74) is 16.6. The molecule has 0 saturated heterocycles. The molecule has 10 rings (SSSR count). The molecule has 1 aliphatic rings. The van der Waals surface area contributed by atoms with Crippen LogP contribution >= 0.6 is 0 Å². The molecule has 2 nitrogen and oxygen atoms in total. The molecule has 9 aromatic rings. The van der Waals surface area contributed by atoms with Crippen LogP contribution in [0.2, 0.25) is 0 Å². The number of hydrogen-bond donors (Lipinski definition) is 0. The predicted molar refractivity (Wildman–Crippen MR) is 194 cm³/mol. The van der Waals surface area contributed by atoms with Gasteiger partial charge in [-0.2, -0.15) is 0 Å². The third-order valence-corrected chi connectivity index (χ3v) is 9.97. The van der Waals surface area contributed by atoms with Crippen molar-refractivity contribution in [1.29, 1.82) is 0 Å². The van der Waals surface area contributed by atoms with Crippen LogP contribution in [0.5, 0.6) is 0 Å². The van der Waals surface area contributed by atoms with Crippen LogP contribution in [0.4, 0.5) is 0 Å². The first kappa shape index (κ1) is 25.5. The lowest BCUT2D eigenvalue weighted by Gasteiger charge is -2.12. The molecule has 0 amide bonds. The minimum atomic E-state index is 0.989. The monoisotopic (exact) mass is 586 g/mol. The van der Waals surface area contributed by atoms with Crippen molar-refractivity contribution in [3.8, 4) is 33.6 Å². The van der Waals surface area contributed by atoms with E-state index in [9.17, 15) is 0 Å². The number of nitrogens with zero attached hydrogens (tertiary/aromatic N) is 2. The molecule has 0 N–H and O–H groups in total. The van der Waals surface area contributed by atoms with Crippen LogP contribution in [0.15, 0.2) is 152 Å². The molecule has 0 spiro atoms. The Labute approximate surface area is 267 Å². The molecule has 0 aliphatic heterocycles. The number of aryl methyl sites for hydroxylation is 1. The van der Waals surface area contributed by atoms with Crippen LogP contribution in [-0.2, 0) is 6.42 Å². The smallest absolute Gasteiger partial charge is 0.0541 e. The molecular weight excluding hydrogens is 556 g/mol. The van der Waals surface area contributed by atoms with Crippen molar-refractivity contribution in [2.24, 2.45) is 0 Å². The summed E-state index contributed by atoms with van der Waals surface area (Å²) in [6, 6.07) is 56.1. The van der Waals surface area contributed by atoms with Gasteiger partial charge < -0.3 is 9.13 Å². The van der Waals surface area contributed by atoms with Crippen molar-refractivity contribution in [1.82, 2.24) is 9.13 Å². The summed E-state index contributed by atoms with van der Waals surface area (Å²) >= 11 is 0. The first-order valence-corrected chi connectivity index (χ1v) is 16.1. The molecule has 46 heavy (non-hydrogen) atoms. The van der Waals surface area contributed by atoms with E-state index in [0.717, 1.165) is 6.42 Å². The minimum absolute atomic E-state index is 0.989. The highest BCUT2D eigenvalue weighted by atomic mass is 15.0. The van der Waals surface area contributed by atoms with E-state index in [1.165, 1.54) is 93.9 Å². The van der Waals surface area contributed by atoms with Crippen molar-refractivity contribution in [2.45, 2.75) is 13.3 Å². The fraction of sp³-hybridized carbons (Fsp3) is 0.0455. The van der Waals surface area contributed by atoms with Gasteiger partial charge in [-0.3, -0.25) is 0 Å². The third kappa shape index (κ3) is 3.64. The van der Waals surface area contributed by atoms with Crippen molar-refractivity contribution in [3.63, 3.8) is 0 Å². The van der Waals surface area contributed by atoms with Crippen LogP contribution < -0.4 is 0 Å². The zero-order chi connectivity index (χ0) is 30.4. The van der Waals surface area contributed by atoms with Gasteiger partial charge in [0.1, 0.15) is 0 Å². The van der Waals surface area contributed by atoms with E-state index >= 15 is 0 Å². The van der Waals surface area contributed by atoms with E-state index in [2.05, 4.69) is 168 Å². The second-order valence-electron chi connectivity index (χ2n) is 12.7. The first-order valence-electron chi connectivity index (χ1n) is 16.1. The molecule has 0 unspecified atom stereocenters. The molecule has 0 radical (unpaired) electrons. The maximum Gasteiger partial charge on any atom is 0.0541 e. The van der Waals surface area contributed by atoms with Gasteiger partial charge in [0.25, 0.3) is 0 Å². The molecule has 2 heteroatoms. The molecule has 0 atom stereocenters. The SMILES string of the molecule is Cc1ccc2c(c1)c1ccccc1n2-c1cccc(-c2ccc3c(c2)c2ccccc2n3-c2ccc3c(c2)Cc2ccccc2-3)c1. The zero-order valence-electron chi connectivity index (χ0n) is 25.5. The van der Waals surface area contributed by atoms with Crippen molar-refractivity contribution >= 4 is 43.6 Å². The van der Waals surface area contributed by atoms with Gasteiger partial charge in [-0.05, 0) is 107 Å². The number of rotatable bonds is 3. The predicted octanol–water partition coefficient (Wildman–Crippen LogP) is 11.4. The van der Waals surface area contributed by atoms with Crippen molar-refractivity contribution < 1.29 is 0 Å². The van der Waals surface area contributed by atoms with Gasteiger partial charge in [0.05, 0.1) is 22.1 Å². The van der Waals surface area contributed by atoms with Crippen LogP contribution in [0.25, 0.3) is 77.2 Å². The Bertz CT molecular complexity index is 2680. The fourth-order valence-corrected chi connectivity index (χ4v) is 7.89. The topological polar surface area (TPSA) is 9.86 Å². The normalized spacial score (nSPS) is 12.4. The molecule has 2 aromatic heterocycles. The Morgan fingerprint density at radius 2 is 1.00 bits per heavy atom. The molecule has 0 saturated carbocycles. The lowest BCUT2D eigenvalue weighted by Crippen LogP contribution is -1.95. The summed E-state index contributed by atoms with van der Waals surface area (Å²) in [5.74, 6) is 0. The molecule has 7 aromatic carbocycles. The highest BCUT2D eigenvalue weighted by molar-refractivity contribution is 6.11. The van der Waals surface area contributed by atoms with E-state index in [0.29, 0.717) is 0 Å². The highest BCUT2D eigenvalue weighted by Crippen LogP contribution is 2.40. The first-order chi connectivity index (χ1) is 22.7. The average Bonchev–Trinajstić information content (AvgIpc) is 3.75. The number of para-hydroxylation sites is 2. The largest absolute Gasteiger partial charge is 0.309 e. The molecular formula is C44H30N2. The zero-order valence-corrected chi connectivity index (χ0v) is 25.5. The lowest BCUT2D eigenvalue weighted by atomic mass is 10.0. The fourth-order valence-electron chi connectivity index (χ4n) is 7.89. The second-order valence-corrected chi connectivity index (χ2v) is 12.7. The van der Waals surface area contributed by atoms with Gasteiger partial charge in [-0.15, -0.1) is 0 Å². The molecule has 2 heterocycles. The minimum Gasteiger partial charge on any atom is -0.309 e. The van der Waals surface area contributed by atoms with Gasteiger partial charge in [0.2, 0.25) is 0 Å². The highest BCUT2D eigenvalue weighted by Gasteiger charge is 2.20. The maximum atomic E-state index is 2.44. The summed E-state index contributed by atoms with van der Waals surface area (Å²) in [5, 5.41) is 5.13. The van der Waals surface area contributed by atoms with Gasteiger partial charge in [-0.1, -0.05) is 96.6 Å². The Morgan fingerprint density at radius 1 is 0.391 bits per heavy atom. The lowest BCUT2D eigenvalue weighted by molar-refractivity contribution is 1.16. The average molecular weight is 587 g/mol. The van der Waals surface area contributed by atoms with E-state index in [1.54, 1.807) is 0 Å². The van der Waals surface area contributed by atoms with Crippen LogP contribution in [-0.4, -0.2) is 9.13 Å². The van der Waals surface area contributed by atoms with E-state index in [4.69, 9.17) is 0 Å². The van der Waals surface area contributed by atoms with Gasteiger partial charge in [0.15, 0.2) is 0 Å². The van der Waals surface area contributed by atoms with Gasteiger partial charge >= 0.3 is 0 Å². The summed E-state index contributed by atoms with van der Waals surface area (Å²) in [6.07, 6.45) is 0.989. The van der Waals surface area contributed by atoms with E-state index < -0.39 is 0 Å². The van der Waals surface area contributed by atoms with Crippen LogP contribution in [0.1, 0.15) is 16.7 Å².